The second-order valence-corrected chi connectivity index (χ2v) is 4.22. The molecule has 0 saturated heterocycles. The van der Waals surface area contributed by atoms with Crippen molar-refractivity contribution in [2.75, 3.05) is 6.61 Å². The zero-order valence-electron chi connectivity index (χ0n) is 9.21. The van der Waals surface area contributed by atoms with Crippen molar-refractivity contribution in [1.29, 1.82) is 0 Å². The Balaban J connectivity index is 2.72. The molecule has 0 aromatic heterocycles. The van der Waals surface area contributed by atoms with Gasteiger partial charge in [-0.25, -0.2) is 0 Å². The van der Waals surface area contributed by atoms with Gasteiger partial charge in [-0.15, -0.1) is 11.6 Å². The zero-order chi connectivity index (χ0) is 11.4. The summed E-state index contributed by atoms with van der Waals surface area (Å²) >= 11 is 6.12. The van der Waals surface area contributed by atoms with E-state index in [1.54, 1.807) is 0 Å². The number of alkyl halides is 1. The molecule has 0 aliphatic rings. The molecule has 0 bridgehead atoms. The number of carbonyl (C=O) groups excluding carboxylic acids is 1. The van der Waals surface area contributed by atoms with Crippen LogP contribution in [0.5, 0.6) is 0 Å². The molecule has 1 aromatic rings. The van der Waals surface area contributed by atoms with E-state index in [9.17, 15) is 4.79 Å². The van der Waals surface area contributed by atoms with Crippen molar-refractivity contribution in [3.63, 3.8) is 0 Å². The SMILES string of the molecule is CC(=O)OCC(Cl)c1cc(C)cc(C)c1. The van der Waals surface area contributed by atoms with E-state index in [0.29, 0.717) is 0 Å². The van der Waals surface area contributed by atoms with Crippen LogP contribution in [0.15, 0.2) is 18.2 Å². The second kappa shape index (κ2) is 5.17. The number of rotatable bonds is 3. The fourth-order valence-electron chi connectivity index (χ4n) is 1.48. The van der Waals surface area contributed by atoms with Crippen LogP contribution in [0.1, 0.15) is 29.0 Å². The Morgan fingerprint density at radius 3 is 2.33 bits per heavy atom. The lowest BCUT2D eigenvalue weighted by Crippen LogP contribution is -2.06. The van der Waals surface area contributed by atoms with E-state index in [1.165, 1.54) is 18.1 Å². The molecule has 3 heteroatoms. The molecular weight excluding hydrogens is 212 g/mol. The van der Waals surface area contributed by atoms with Crippen molar-refractivity contribution in [2.45, 2.75) is 26.1 Å². The molecule has 0 saturated carbocycles. The summed E-state index contributed by atoms with van der Waals surface area (Å²) in [5.41, 5.74) is 3.33. The van der Waals surface area contributed by atoms with Gasteiger partial charge in [-0.05, 0) is 19.4 Å². The molecule has 0 fully saturated rings. The minimum absolute atomic E-state index is 0.222. The largest absolute Gasteiger partial charge is 0.464 e. The lowest BCUT2D eigenvalue weighted by atomic mass is 10.1. The van der Waals surface area contributed by atoms with E-state index in [0.717, 1.165) is 5.56 Å². The minimum atomic E-state index is -0.301. The molecule has 2 nitrogen and oxygen atoms in total. The Morgan fingerprint density at radius 1 is 1.33 bits per heavy atom. The number of carbonyl (C=O) groups is 1. The van der Waals surface area contributed by atoms with Crippen LogP contribution in [0.25, 0.3) is 0 Å². The number of esters is 1. The van der Waals surface area contributed by atoms with E-state index in [-0.39, 0.29) is 18.0 Å². The molecule has 0 amide bonds. The first-order chi connectivity index (χ1) is 6.99. The highest BCUT2D eigenvalue weighted by molar-refractivity contribution is 6.21. The maximum absolute atomic E-state index is 10.6. The standard InChI is InChI=1S/C12H15ClO2/c1-8-4-9(2)6-11(5-8)12(13)7-15-10(3)14/h4-6,12H,7H2,1-3H3. The van der Waals surface area contributed by atoms with Gasteiger partial charge in [0, 0.05) is 6.92 Å². The first-order valence-corrected chi connectivity index (χ1v) is 5.28. The molecule has 82 valence electrons. The van der Waals surface area contributed by atoms with Crippen molar-refractivity contribution in [2.24, 2.45) is 0 Å². The van der Waals surface area contributed by atoms with Gasteiger partial charge in [0.1, 0.15) is 6.61 Å². The Morgan fingerprint density at radius 2 is 1.87 bits per heavy atom. The first-order valence-electron chi connectivity index (χ1n) is 4.84. The molecule has 1 rings (SSSR count). The highest BCUT2D eigenvalue weighted by Gasteiger charge is 2.10. The van der Waals surface area contributed by atoms with E-state index in [1.807, 2.05) is 26.0 Å². The van der Waals surface area contributed by atoms with E-state index >= 15 is 0 Å². The number of benzene rings is 1. The monoisotopic (exact) mass is 226 g/mol. The fraction of sp³-hybridized carbons (Fsp3) is 0.417. The fourth-order valence-corrected chi connectivity index (χ4v) is 1.67. The zero-order valence-corrected chi connectivity index (χ0v) is 9.97. The van der Waals surface area contributed by atoms with Gasteiger partial charge < -0.3 is 4.74 Å². The molecule has 1 atom stereocenters. The molecule has 0 radical (unpaired) electrons. The maximum atomic E-state index is 10.6. The number of ether oxygens (including phenoxy) is 1. The summed E-state index contributed by atoms with van der Waals surface area (Å²) in [6.07, 6.45) is 0. The Bertz CT molecular complexity index is 340. The van der Waals surface area contributed by atoms with Crippen molar-refractivity contribution >= 4 is 17.6 Å². The molecule has 0 aliphatic heterocycles. The molecule has 1 unspecified atom stereocenters. The molecule has 0 aliphatic carbocycles. The van der Waals surface area contributed by atoms with Crippen molar-refractivity contribution in [3.8, 4) is 0 Å². The lowest BCUT2D eigenvalue weighted by Gasteiger charge is -2.11. The third kappa shape index (κ3) is 3.92. The number of aryl methyl sites for hydroxylation is 2. The number of hydrogen-bond acceptors (Lipinski definition) is 2. The minimum Gasteiger partial charge on any atom is -0.464 e. The topological polar surface area (TPSA) is 26.3 Å². The van der Waals surface area contributed by atoms with Crippen LogP contribution in [0, 0.1) is 13.8 Å². The normalized spacial score (nSPS) is 12.3. The third-order valence-corrected chi connectivity index (χ3v) is 2.42. The summed E-state index contributed by atoms with van der Waals surface area (Å²) in [5, 5.41) is -0.271. The predicted molar refractivity (Wildman–Crippen MR) is 61.1 cm³/mol. The highest BCUT2D eigenvalue weighted by Crippen LogP contribution is 2.23. The average Bonchev–Trinajstić information content (AvgIpc) is 2.12. The van der Waals surface area contributed by atoms with E-state index in [2.05, 4.69) is 6.07 Å². The van der Waals surface area contributed by atoms with Gasteiger partial charge in [-0.3, -0.25) is 4.79 Å². The summed E-state index contributed by atoms with van der Waals surface area (Å²) in [7, 11) is 0. The van der Waals surface area contributed by atoms with E-state index in [4.69, 9.17) is 16.3 Å². The smallest absolute Gasteiger partial charge is 0.302 e. The molecule has 0 N–H and O–H groups in total. The Hall–Kier alpha value is -1.02. The van der Waals surface area contributed by atoms with E-state index < -0.39 is 0 Å². The number of halogens is 1. The number of hydrogen-bond donors (Lipinski definition) is 0. The van der Waals surface area contributed by atoms with Gasteiger partial charge in [0.15, 0.2) is 0 Å². The van der Waals surface area contributed by atoms with Gasteiger partial charge in [0.05, 0.1) is 5.38 Å². The summed E-state index contributed by atoms with van der Waals surface area (Å²) in [6.45, 7) is 5.64. The Kier molecular flexibility index (Phi) is 4.15. The Labute approximate surface area is 95.2 Å². The molecule has 0 spiro atoms. The van der Waals surface area contributed by atoms with Crippen LogP contribution >= 0.6 is 11.6 Å². The quantitative estimate of drug-likeness (QED) is 0.585. The van der Waals surface area contributed by atoms with Gasteiger partial charge in [0.2, 0.25) is 0 Å². The van der Waals surface area contributed by atoms with Gasteiger partial charge in [-0.1, -0.05) is 29.3 Å². The van der Waals surface area contributed by atoms with Crippen LogP contribution in [0.3, 0.4) is 0 Å². The first kappa shape index (κ1) is 12.1. The van der Waals surface area contributed by atoms with Crippen molar-refractivity contribution < 1.29 is 9.53 Å². The van der Waals surface area contributed by atoms with Crippen molar-refractivity contribution in [1.82, 2.24) is 0 Å². The van der Waals surface area contributed by atoms with Gasteiger partial charge in [-0.2, -0.15) is 0 Å². The average molecular weight is 227 g/mol. The molecular formula is C12H15ClO2. The maximum Gasteiger partial charge on any atom is 0.302 e. The molecule has 1 aromatic carbocycles. The lowest BCUT2D eigenvalue weighted by molar-refractivity contribution is -0.140. The second-order valence-electron chi connectivity index (χ2n) is 3.69. The van der Waals surface area contributed by atoms with Gasteiger partial charge in [0.25, 0.3) is 0 Å². The van der Waals surface area contributed by atoms with Gasteiger partial charge >= 0.3 is 5.97 Å². The molecule has 15 heavy (non-hydrogen) atoms. The summed E-state index contributed by atoms with van der Waals surface area (Å²) in [6, 6.07) is 6.10. The summed E-state index contributed by atoms with van der Waals surface area (Å²) in [4.78, 5) is 10.6. The predicted octanol–water partition coefficient (Wildman–Crippen LogP) is 3.15. The highest BCUT2D eigenvalue weighted by atomic mass is 35.5. The molecule has 0 heterocycles. The third-order valence-electron chi connectivity index (χ3n) is 2.04. The van der Waals surface area contributed by atoms with Crippen LogP contribution < -0.4 is 0 Å². The van der Waals surface area contributed by atoms with Crippen LogP contribution in [0.2, 0.25) is 0 Å². The van der Waals surface area contributed by atoms with Crippen LogP contribution in [-0.2, 0) is 9.53 Å². The van der Waals surface area contributed by atoms with Crippen LogP contribution in [0.4, 0.5) is 0 Å². The van der Waals surface area contributed by atoms with Crippen molar-refractivity contribution in [3.05, 3.63) is 34.9 Å². The summed E-state index contributed by atoms with van der Waals surface area (Å²) < 4.78 is 4.87. The van der Waals surface area contributed by atoms with Crippen LogP contribution in [-0.4, -0.2) is 12.6 Å². The summed E-state index contributed by atoms with van der Waals surface area (Å²) in [5.74, 6) is -0.301.